The van der Waals surface area contributed by atoms with Gasteiger partial charge in [-0.05, 0) is 35.4 Å². The number of amides is 1. The first kappa shape index (κ1) is 17.6. The number of hydrogen-bond donors (Lipinski definition) is 0. The average molecular weight is 359 g/mol. The first-order valence-corrected chi connectivity index (χ1v) is 8.77. The van der Waals surface area contributed by atoms with Gasteiger partial charge in [0.05, 0.1) is 32.5 Å². The van der Waals surface area contributed by atoms with Crippen LogP contribution in [-0.2, 0) is 9.63 Å². The van der Waals surface area contributed by atoms with Crippen molar-refractivity contribution < 1.29 is 19.1 Å². The fraction of sp³-hybridized carbons (Fsp3) is 0.316. The van der Waals surface area contributed by atoms with E-state index in [0.29, 0.717) is 0 Å². The number of carbonyl (C=O) groups excluding carboxylic acids is 1. The topological polar surface area (TPSA) is 48.0 Å². The van der Waals surface area contributed by atoms with Gasteiger partial charge < -0.3 is 9.47 Å². The predicted octanol–water partition coefficient (Wildman–Crippen LogP) is 3.65. The van der Waals surface area contributed by atoms with Crippen LogP contribution in [0.4, 0.5) is 0 Å². The molecule has 5 nitrogen and oxygen atoms in total. The van der Waals surface area contributed by atoms with Gasteiger partial charge in [0.15, 0.2) is 0 Å². The summed E-state index contributed by atoms with van der Waals surface area (Å²) >= 11 is 1.67. The van der Waals surface area contributed by atoms with Crippen LogP contribution in [0.3, 0.4) is 0 Å². The number of carbonyl (C=O) groups is 1. The Kier molecular flexibility index (Phi) is 5.20. The van der Waals surface area contributed by atoms with Gasteiger partial charge >= 0.3 is 0 Å². The number of hydrogen-bond acceptors (Lipinski definition) is 5. The number of fused-ring (bicyclic) bond motifs is 1. The zero-order valence-electron chi connectivity index (χ0n) is 14.7. The van der Waals surface area contributed by atoms with Crippen molar-refractivity contribution in [3.63, 3.8) is 0 Å². The van der Waals surface area contributed by atoms with Gasteiger partial charge in [0.25, 0.3) is 5.91 Å². The number of thioether (sulfide) groups is 1. The number of ether oxygens (including phenoxy) is 2. The van der Waals surface area contributed by atoms with Crippen LogP contribution in [0.5, 0.6) is 11.5 Å². The van der Waals surface area contributed by atoms with E-state index < -0.39 is 0 Å². The molecular formula is C19H21NO4S. The molecule has 2 aromatic rings. The smallest absolute Gasteiger partial charge is 0.254 e. The molecule has 3 rings (SSSR count). The van der Waals surface area contributed by atoms with Gasteiger partial charge in [-0.25, -0.2) is 5.06 Å². The Morgan fingerprint density at radius 1 is 1.00 bits per heavy atom. The Morgan fingerprint density at radius 3 is 2.24 bits per heavy atom. The highest BCUT2D eigenvalue weighted by Gasteiger charge is 2.41. The summed E-state index contributed by atoms with van der Waals surface area (Å²) in [5.74, 6) is 1.19. The number of likely N-dealkylation sites (N-methyl/N-ethyl adjacent to an activating group) is 1. The Hall–Kier alpha value is -2.18. The molecule has 0 spiro atoms. The summed E-state index contributed by atoms with van der Waals surface area (Å²) in [4.78, 5) is 19.1. The predicted molar refractivity (Wildman–Crippen MR) is 97.1 cm³/mol. The van der Waals surface area contributed by atoms with Gasteiger partial charge in [-0.2, -0.15) is 0 Å². The second-order valence-electron chi connectivity index (χ2n) is 5.71. The molecule has 1 amide bonds. The molecule has 1 aliphatic heterocycles. The van der Waals surface area contributed by atoms with E-state index >= 15 is 0 Å². The molecule has 2 atom stereocenters. The van der Waals surface area contributed by atoms with E-state index in [1.54, 1.807) is 33.0 Å². The molecule has 132 valence electrons. The lowest BCUT2D eigenvalue weighted by molar-refractivity contribution is -0.170. The summed E-state index contributed by atoms with van der Waals surface area (Å²) in [6.07, 6.45) is 0. The van der Waals surface area contributed by atoms with Crippen molar-refractivity contribution in [2.24, 2.45) is 0 Å². The van der Waals surface area contributed by atoms with Crippen LogP contribution in [0.15, 0.2) is 47.4 Å². The zero-order valence-corrected chi connectivity index (χ0v) is 15.5. The monoisotopic (exact) mass is 359 g/mol. The molecule has 0 bridgehead atoms. The van der Waals surface area contributed by atoms with Gasteiger partial charge in [-0.15, -0.1) is 11.8 Å². The van der Waals surface area contributed by atoms with E-state index in [-0.39, 0.29) is 17.1 Å². The minimum absolute atomic E-state index is 0.0295. The van der Waals surface area contributed by atoms with Crippen LogP contribution >= 0.6 is 11.8 Å². The van der Waals surface area contributed by atoms with Gasteiger partial charge in [0.2, 0.25) is 0 Å². The first-order valence-electron chi connectivity index (χ1n) is 7.89. The number of methoxy groups -OCH3 is 2. The third kappa shape index (κ3) is 3.32. The fourth-order valence-electron chi connectivity index (χ4n) is 2.97. The summed E-state index contributed by atoms with van der Waals surface area (Å²) in [5, 5.41) is 1.26. The molecule has 0 saturated heterocycles. The molecular weight excluding hydrogens is 338 g/mol. The van der Waals surface area contributed by atoms with E-state index in [2.05, 4.69) is 0 Å². The van der Waals surface area contributed by atoms with Crippen molar-refractivity contribution in [2.45, 2.75) is 16.1 Å². The molecule has 0 aromatic heterocycles. The second kappa shape index (κ2) is 7.37. The van der Waals surface area contributed by atoms with Crippen molar-refractivity contribution in [2.75, 3.05) is 28.4 Å². The van der Waals surface area contributed by atoms with E-state index in [9.17, 15) is 4.79 Å². The number of benzene rings is 2. The van der Waals surface area contributed by atoms with E-state index in [1.165, 1.54) is 12.2 Å². The maximum atomic E-state index is 12.9. The normalized spacial score (nSPS) is 18.6. The largest absolute Gasteiger partial charge is 0.497 e. The lowest BCUT2D eigenvalue weighted by atomic mass is 9.91. The highest BCUT2D eigenvalue weighted by molar-refractivity contribution is 8.00. The van der Waals surface area contributed by atoms with Crippen molar-refractivity contribution >= 4 is 17.7 Å². The van der Waals surface area contributed by atoms with Crippen LogP contribution in [0.25, 0.3) is 0 Å². The molecule has 25 heavy (non-hydrogen) atoms. The van der Waals surface area contributed by atoms with Crippen LogP contribution in [0.1, 0.15) is 22.3 Å². The lowest BCUT2D eigenvalue weighted by Gasteiger charge is -2.23. The third-order valence-electron chi connectivity index (χ3n) is 4.41. The minimum Gasteiger partial charge on any atom is -0.497 e. The Bertz CT molecular complexity index is 763. The molecule has 0 radical (unpaired) electrons. The van der Waals surface area contributed by atoms with Crippen LogP contribution in [0.2, 0.25) is 0 Å². The second-order valence-corrected chi connectivity index (χ2v) is 6.89. The maximum absolute atomic E-state index is 12.9. The summed E-state index contributed by atoms with van der Waals surface area (Å²) < 4.78 is 10.6. The Balaban J connectivity index is 2.02. The highest BCUT2D eigenvalue weighted by atomic mass is 32.2. The Morgan fingerprint density at radius 2 is 1.64 bits per heavy atom. The summed E-state index contributed by atoms with van der Waals surface area (Å²) in [5.41, 5.74) is 2.07. The SMILES string of the molecule is COc1ccc([C@H]2Sc3cc(OC)ccc3[C@@H]2C(=O)N(C)OC)cc1. The fourth-order valence-corrected chi connectivity index (χ4v) is 4.45. The molecule has 0 fully saturated rings. The molecule has 0 N–H and O–H groups in total. The number of nitrogens with zero attached hydrogens (tertiary/aromatic N) is 1. The third-order valence-corrected chi connectivity index (χ3v) is 5.81. The molecule has 2 aromatic carbocycles. The van der Waals surface area contributed by atoms with Crippen molar-refractivity contribution in [1.29, 1.82) is 0 Å². The lowest BCUT2D eigenvalue weighted by Crippen LogP contribution is -2.32. The van der Waals surface area contributed by atoms with Crippen molar-refractivity contribution in [1.82, 2.24) is 5.06 Å². The van der Waals surface area contributed by atoms with E-state index in [1.807, 2.05) is 42.5 Å². The molecule has 0 unspecified atom stereocenters. The number of rotatable bonds is 5. The Labute approximate surface area is 151 Å². The summed E-state index contributed by atoms with van der Waals surface area (Å²) in [6.45, 7) is 0. The molecule has 0 saturated carbocycles. The standard InChI is InChI=1S/C19H21NO4S/c1-20(24-4)19(21)17-15-10-9-14(23-3)11-16(15)25-18(17)12-5-7-13(22-2)8-6-12/h5-11,17-18H,1-4H3/t17-,18+/m0/s1. The van der Waals surface area contributed by atoms with Crippen molar-refractivity contribution in [3.05, 3.63) is 53.6 Å². The molecule has 6 heteroatoms. The first-order chi connectivity index (χ1) is 12.1. The molecule has 1 heterocycles. The van der Waals surface area contributed by atoms with E-state index in [0.717, 1.165) is 27.5 Å². The zero-order chi connectivity index (χ0) is 18.0. The maximum Gasteiger partial charge on any atom is 0.254 e. The quantitative estimate of drug-likeness (QED) is 0.763. The highest BCUT2D eigenvalue weighted by Crippen LogP contribution is 2.55. The average Bonchev–Trinajstić information content (AvgIpc) is 3.05. The van der Waals surface area contributed by atoms with Crippen LogP contribution < -0.4 is 9.47 Å². The molecule has 1 aliphatic rings. The van der Waals surface area contributed by atoms with Gasteiger partial charge in [0.1, 0.15) is 11.5 Å². The minimum atomic E-state index is -0.316. The van der Waals surface area contributed by atoms with Crippen molar-refractivity contribution in [3.8, 4) is 11.5 Å². The molecule has 0 aliphatic carbocycles. The van der Waals surface area contributed by atoms with Crippen LogP contribution in [0, 0.1) is 0 Å². The van der Waals surface area contributed by atoms with E-state index in [4.69, 9.17) is 14.3 Å². The summed E-state index contributed by atoms with van der Waals surface area (Å²) in [6, 6.07) is 13.7. The van der Waals surface area contributed by atoms with Gasteiger partial charge in [0, 0.05) is 11.9 Å². The van der Waals surface area contributed by atoms with Gasteiger partial charge in [-0.1, -0.05) is 18.2 Å². The number of hydroxylamine groups is 2. The van der Waals surface area contributed by atoms with Gasteiger partial charge in [-0.3, -0.25) is 9.63 Å². The summed E-state index contributed by atoms with van der Waals surface area (Å²) in [7, 11) is 6.42. The van der Waals surface area contributed by atoms with Crippen LogP contribution in [-0.4, -0.2) is 39.3 Å².